The minimum atomic E-state index is -0.864. The average Bonchev–Trinajstić information content (AvgIpc) is 2.36. The van der Waals surface area contributed by atoms with Gasteiger partial charge in [0.2, 0.25) is 0 Å². The van der Waals surface area contributed by atoms with Crippen molar-refractivity contribution in [3.8, 4) is 0 Å². The Morgan fingerprint density at radius 3 is 2.67 bits per heavy atom. The lowest BCUT2D eigenvalue weighted by molar-refractivity contribution is 0.0599. The van der Waals surface area contributed by atoms with Crippen molar-refractivity contribution >= 4 is 23.5 Å². The summed E-state index contributed by atoms with van der Waals surface area (Å²) < 4.78 is 0. The van der Waals surface area contributed by atoms with E-state index in [1.54, 1.807) is 18.7 Å². The van der Waals surface area contributed by atoms with Crippen molar-refractivity contribution in [1.82, 2.24) is 5.32 Å². The maximum absolute atomic E-state index is 11.6. The third kappa shape index (κ3) is 5.93. The number of carbonyl (C=O) groups excluding carboxylic acids is 1. The van der Waals surface area contributed by atoms with Crippen LogP contribution in [0.2, 0.25) is 0 Å². The van der Waals surface area contributed by atoms with Crippen LogP contribution in [0.25, 0.3) is 0 Å². The molecule has 3 N–H and O–H groups in total. The molecule has 4 nitrogen and oxygen atoms in total. The lowest BCUT2D eigenvalue weighted by Crippen LogP contribution is -2.42. The number of thioether (sulfide) groups is 1. The van der Waals surface area contributed by atoms with E-state index in [1.807, 2.05) is 36.6 Å². The van der Waals surface area contributed by atoms with Gasteiger partial charge in [-0.3, -0.25) is 0 Å². The first-order chi connectivity index (χ1) is 8.53. The van der Waals surface area contributed by atoms with E-state index >= 15 is 0 Å². The molecular formula is C13H20N2O2S. The monoisotopic (exact) mass is 268 g/mol. The van der Waals surface area contributed by atoms with Crippen LogP contribution in [0.3, 0.4) is 0 Å². The molecule has 0 radical (unpaired) electrons. The van der Waals surface area contributed by atoms with Gasteiger partial charge in [0.05, 0.1) is 5.60 Å². The van der Waals surface area contributed by atoms with E-state index < -0.39 is 5.60 Å². The predicted molar refractivity (Wildman–Crippen MR) is 77.1 cm³/mol. The first-order valence-corrected chi connectivity index (χ1v) is 7.24. The number of urea groups is 1. The third-order valence-electron chi connectivity index (χ3n) is 2.51. The van der Waals surface area contributed by atoms with Crippen LogP contribution in [0.5, 0.6) is 0 Å². The number of nitrogens with one attached hydrogen (secondary N) is 2. The maximum Gasteiger partial charge on any atom is 0.319 e. The summed E-state index contributed by atoms with van der Waals surface area (Å²) in [6.07, 6.45) is 2.64. The molecule has 0 aliphatic carbocycles. The SMILES string of the molecule is CSCC[C@](C)(O)CNC(=O)Nc1ccccc1. The van der Waals surface area contributed by atoms with Gasteiger partial charge >= 0.3 is 6.03 Å². The number of anilines is 1. The molecule has 0 bridgehead atoms. The zero-order valence-electron chi connectivity index (χ0n) is 10.8. The molecule has 0 fully saturated rings. The molecule has 0 spiro atoms. The molecule has 1 atom stereocenters. The molecule has 18 heavy (non-hydrogen) atoms. The Labute approximate surface area is 112 Å². The lowest BCUT2D eigenvalue weighted by Gasteiger charge is -2.23. The smallest absolute Gasteiger partial charge is 0.319 e. The van der Waals surface area contributed by atoms with E-state index in [2.05, 4.69) is 10.6 Å². The van der Waals surface area contributed by atoms with Gasteiger partial charge in [-0.25, -0.2) is 4.79 Å². The van der Waals surface area contributed by atoms with Gasteiger partial charge in [0.1, 0.15) is 0 Å². The maximum atomic E-state index is 11.6. The Kier molecular flexibility index (Phi) is 6.01. The minimum absolute atomic E-state index is 0.242. The average molecular weight is 268 g/mol. The minimum Gasteiger partial charge on any atom is -0.388 e. The van der Waals surface area contributed by atoms with Crippen molar-refractivity contribution in [2.45, 2.75) is 18.9 Å². The van der Waals surface area contributed by atoms with Gasteiger partial charge in [0.25, 0.3) is 0 Å². The van der Waals surface area contributed by atoms with Gasteiger partial charge in [0.15, 0.2) is 0 Å². The van der Waals surface area contributed by atoms with Crippen molar-refractivity contribution in [3.63, 3.8) is 0 Å². The van der Waals surface area contributed by atoms with Crippen molar-refractivity contribution in [2.75, 3.05) is 23.9 Å². The highest BCUT2D eigenvalue weighted by molar-refractivity contribution is 7.98. The van der Waals surface area contributed by atoms with Gasteiger partial charge in [-0.2, -0.15) is 11.8 Å². The largest absolute Gasteiger partial charge is 0.388 e. The van der Waals surface area contributed by atoms with Crippen LogP contribution in [0.1, 0.15) is 13.3 Å². The van der Waals surface area contributed by atoms with Crippen LogP contribution in [0.4, 0.5) is 10.5 Å². The third-order valence-corrected chi connectivity index (χ3v) is 3.12. The molecule has 0 heterocycles. The van der Waals surface area contributed by atoms with Gasteiger partial charge in [-0.1, -0.05) is 18.2 Å². The number of amides is 2. The Balaban J connectivity index is 2.33. The molecule has 0 aliphatic heterocycles. The second kappa shape index (κ2) is 7.28. The fourth-order valence-electron chi connectivity index (χ4n) is 1.38. The Morgan fingerprint density at radius 1 is 1.39 bits per heavy atom. The first-order valence-electron chi connectivity index (χ1n) is 5.85. The van der Waals surface area contributed by atoms with Crippen LogP contribution >= 0.6 is 11.8 Å². The van der Waals surface area contributed by atoms with Crippen LogP contribution < -0.4 is 10.6 Å². The number of hydrogen-bond acceptors (Lipinski definition) is 3. The second-order valence-corrected chi connectivity index (χ2v) is 5.40. The van der Waals surface area contributed by atoms with E-state index in [0.29, 0.717) is 6.42 Å². The van der Waals surface area contributed by atoms with Crippen molar-refractivity contribution in [1.29, 1.82) is 0 Å². The molecular weight excluding hydrogens is 248 g/mol. The highest BCUT2D eigenvalue weighted by Gasteiger charge is 2.20. The molecule has 0 unspecified atom stereocenters. The van der Waals surface area contributed by atoms with Crippen LogP contribution in [0, 0.1) is 0 Å². The quantitative estimate of drug-likeness (QED) is 0.742. The van der Waals surface area contributed by atoms with E-state index in [4.69, 9.17) is 0 Å². The van der Waals surface area contributed by atoms with E-state index in [0.717, 1.165) is 11.4 Å². The number of rotatable bonds is 6. The van der Waals surface area contributed by atoms with Crippen LogP contribution in [0.15, 0.2) is 30.3 Å². The molecule has 0 saturated carbocycles. The molecule has 0 saturated heterocycles. The summed E-state index contributed by atoms with van der Waals surface area (Å²) in [5.41, 5.74) is -0.129. The molecule has 0 aliphatic rings. The van der Waals surface area contributed by atoms with Crippen LogP contribution in [-0.4, -0.2) is 35.3 Å². The van der Waals surface area contributed by atoms with Gasteiger partial charge < -0.3 is 15.7 Å². The molecule has 1 aromatic carbocycles. The van der Waals surface area contributed by atoms with Gasteiger partial charge in [-0.05, 0) is 37.5 Å². The van der Waals surface area contributed by atoms with Crippen LogP contribution in [-0.2, 0) is 0 Å². The molecule has 5 heteroatoms. The predicted octanol–water partition coefficient (Wildman–Crippen LogP) is 2.31. The summed E-state index contributed by atoms with van der Waals surface area (Å²) in [6.45, 7) is 1.97. The van der Waals surface area contributed by atoms with Crippen molar-refractivity contribution in [3.05, 3.63) is 30.3 Å². The highest BCUT2D eigenvalue weighted by atomic mass is 32.2. The second-order valence-electron chi connectivity index (χ2n) is 4.41. The highest BCUT2D eigenvalue weighted by Crippen LogP contribution is 2.11. The summed E-state index contributed by atoms with van der Waals surface area (Å²) in [5, 5.41) is 15.4. The van der Waals surface area contributed by atoms with Crippen molar-refractivity contribution < 1.29 is 9.90 Å². The lowest BCUT2D eigenvalue weighted by atomic mass is 10.0. The zero-order chi connectivity index (χ0) is 13.4. The first kappa shape index (κ1) is 14.9. The zero-order valence-corrected chi connectivity index (χ0v) is 11.6. The molecule has 0 aromatic heterocycles. The van der Waals surface area contributed by atoms with Gasteiger partial charge in [0, 0.05) is 12.2 Å². The summed E-state index contributed by atoms with van der Waals surface area (Å²) in [5.74, 6) is 0.870. The normalized spacial score (nSPS) is 13.7. The Bertz CT molecular complexity index is 369. The van der Waals surface area contributed by atoms with E-state index in [9.17, 15) is 9.90 Å². The topological polar surface area (TPSA) is 61.4 Å². The van der Waals surface area contributed by atoms with E-state index in [1.165, 1.54) is 0 Å². The molecule has 1 aromatic rings. The fourth-order valence-corrected chi connectivity index (χ4v) is 2.02. The summed E-state index contributed by atoms with van der Waals surface area (Å²) in [7, 11) is 0. The molecule has 2 amide bonds. The van der Waals surface area contributed by atoms with Gasteiger partial charge in [-0.15, -0.1) is 0 Å². The number of aliphatic hydroxyl groups is 1. The number of benzene rings is 1. The summed E-state index contributed by atoms with van der Waals surface area (Å²) in [4.78, 5) is 11.6. The summed E-state index contributed by atoms with van der Waals surface area (Å²) >= 11 is 1.68. The number of para-hydroxylation sites is 1. The van der Waals surface area contributed by atoms with E-state index in [-0.39, 0.29) is 12.6 Å². The summed E-state index contributed by atoms with van der Waals surface area (Å²) in [6, 6.07) is 8.91. The number of carbonyl (C=O) groups is 1. The molecule has 1 rings (SSSR count). The Hall–Kier alpha value is -1.20. The standard InChI is InChI=1S/C13H20N2O2S/c1-13(17,8-9-18-2)10-14-12(16)15-11-6-4-3-5-7-11/h3-7,17H,8-10H2,1-2H3,(H2,14,15,16)/t13-/m0/s1. The fraction of sp³-hybridized carbons (Fsp3) is 0.462. The number of hydrogen-bond donors (Lipinski definition) is 3. The van der Waals surface area contributed by atoms with Crippen molar-refractivity contribution in [2.24, 2.45) is 0 Å². The molecule has 100 valence electrons. The Morgan fingerprint density at radius 2 is 2.06 bits per heavy atom.